The number of sulfonamides is 1. The molecule has 2 heterocycles. The van der Waals surface area contributed by atoms with Crippen molar-refractivity contribution >= 4 is 21.6 Å². The molecule has 0 aromatic heterocycles. The molecule has 1 fully saturated rings. The minimum atomic E-state index is -3.50. The summed E-state index contributed by atoms with van der Waals surface area (Å²) in [5, 5.41) is 2.69. The lowest BCUT2D eigenvalue weighted by molar-refractivity contribution is -0.115. The van der Waals surface area contributed by atoms with Crippen molar-refractivity contribution in [2.24, 2.45) is 5.73 Å². The number of hydrogen-bond acceptors (Lipinski definition) is 4. The molecule has 7 heteroatoms. The molecule has 102 valence electrons. The molecule has 0 radical (unpaired) electrons. The molecule has 0 saturated carbocycles. The van der Waals surface area contributed by atoms with Gasteiger partial charge in [0.05, 0.1) is 11.3 Å². The number of hydrogen-bond donors (Lipinski definition) is 2. The molecule has 6 nitrogen and oxygen atoms in total. The first-order chi connectivity index (χ1) is 8.96. The SMILES string of the molecule is N[C@@H]1CCN(S(=O)(=O)c2ccc3c(c2)CC(=O)N3)C1. The van der Waals surface area contributed by atoms with E-state index in [1.807, 2.05) is 0 Å². The van der Waals surface area contributed by atoms with Gasteiger partial charge in [0.15, 0.2) is 0 Å². The van der Waals surface area contributed by atoms with Gasteiger partial charge in [-0.25, -0.2) is 8.42 Å². The second kappa shape index (κ2) is 4.29. The zero-order chi connectivity index (χ0) is 13.6. The van der Waals surface area contributed by atoms with Crippen LogP contribution >= 0.6 is 0 Å². The number of carbonyl (C=O) groups excluding carboxylic acids is 1. The Morgan fingerprint density at radius 3 is 2.84 bits per heavy atom. The standard InChI is InChI=1S/C12H15N3O3S/c13-9-3-4-15(7-9)19(17,18)10-1-2-11-8(5-10)6-12(16)14-11/h1-2,5,9H,3-4,6-7,13H2,(H,14,16)/t9-/m1/s1. The number of nitrogens with one attached hydrogen (secondary N) is 1. The van der Waals surface area contributed by atoms with E-state index in [0.29, 0.717) is 25.2 Å². The summed E-state index contributed by atoms with van der Waals surface area (Å²) in [6, 6.07) is 4.66. The number of rotatable bonds is 2. The number of anilines is 1. The molecule has 2 aliphatic heterocycles. The predicted molar refractivity (Wildman–Crippen MR) is 70.1 cm³/mol. The molecule has 3 rings (SSSR count). The molecular formula is C12H15N3O3S. The maximum absolute atomic E-state index is 12.4. The van der Waals surface area contributed by atoms with E-state index in [4.69, 9.17) is 5.73 Å². The summed E-state index contributed by atoms with van der Waals surface area (Å²) >= 11 is 0. The third-order valence-electron chi connectivity index (χ3n) is 3.53. The van der Waals surface area contributed by atoms with Crippen LogP contribution in [0.15, 0.2) is 23.1 Å². The third-order valence-corrected chi connectivity index (χ3v) is 5.39. The van der Waals surface area contributed by atoms with E-state index in [9.17, 15) is 13.2 Å². The van der Waals surface area contributed by atoms with Gasteiger partial charge in [0.25, 0.3) is 0 Å². The molecule has 1 atom stereocenters. The summed E-state index contributed by atoms with van der Waals surface area (Å²) < 4.78 is 26.3. The maximum atomic E-state index is 12.4. The van der Waals surface area contributed by atoms with E-state index in [2.05, 4.69) is 5.32 Å². The van der Waals surface area contributed by atoms with Crippen LogP contribution in [0.5, 0.6) is 0 Å². The van der Waals surface area contributed by atoms with Crippen molar-refractivity contribution in [1.82, 2.24) is 4.31 Å². The summed E-state index contributed by atoms with van der Waals surface area (Å²) in [6.45, 7) is 0.814. The van der Waals surface area contributed by atoms with Crippen molar-refractivity contribution in [3.05, 3.63) is 23.8 Å². The molecular weight excluding hydrogens is 266 g/mol. The fourth-order valence-corrected chi connectivity index (χ4v) is 4.05. The van der Waals surface area contributed by atoms with Crippen LogP contribution in [0.1, 0.15) is 12.0 Å². The Labute approximate surface area is 111 Å². The van der Waals surface area contributed by atoms with Crippen molar-refractivity contribution < 1.29 is 13.2 Å². The van der Waals surface area contributed by atoms with E-state index < -0.39 is 10.0 Å². The zero-order valence-electron chi connectivity index (χ0n) is 10.3. The average molecular weight is 281 g/mol. The molecule has 2 aliphatic rings. The number of benzene rings is 1. The largest absolute Gasteiger partial charge is 0.326 e. The fraction of sp³-hybridized carbons (Fsp3) is 0.417. The van der Waals surface area contributed by atoms with Crippen LogP contribution < -0.4 is 11.1 Å². The van der Waals surface area contributed by atoms with Gasteiger partial charge in [-0.3, -0.25) is 4.79 Å². The zero-order valence-corrected chi connectivity index (χ0v) is 11.1. The number of nitrogens with two attached hydrogens (primary N) is 1. The van der Waals surface area contributed by atoms with Crippen LogP contribution in [-0.2, 0) is 21.2 Å². The van der Waals surface area contributed by atoms with Crippen molar-refractivity contribution in [1.29, 1.82) is 0 Å². The Balaban J connectivity index is 1.94. The van der Waals surface area contributed by atoms with Crippen molar-refractivity contribution in [3.63, 3.8) is 0 Å². The lowest BCUT2D eigenvalue weighted by Gasteiger charge is -2.16. The fourth-order valence-electron chi connectivity index (χ4n) is 2.49. The van der Waals surface area contributed by atoms with E-state index in [0.717, 1.165) is 5.56 Å². The van der Waals surface area contributed by atoms with Gasteiger partial charge in [0.2, 0.25) is 15.9 Å². The topological polar surface area (TPSA) is 92.5 Å². The smallest absolute Gasteiger partial charge is 0.243 e. The monoisotopic (exact) mass is 281 g/mol. The Morgan fingerprint density at radius 2 is 2.16 bits per heavy atom. The van der Waals surface area contributed by atoms with Gasteiger partial charge in [-0.15, -0.1) is 0 Å². The van der Waals surface area contributed by atoms with Crippen LogP contribution in [0.3, 0.4) is 0 Å². The van der Waals surface area contributed by atoms with Crippen LogP contribution in [0.25, 0.3) is 0 Å². The van der Waals surface area contributed by atoms with Gasteiger partial charge in [0, 0.05) is 24.8 Å². The lowest BCUT2D eigenvalue weighted by atomic mass is 10.2. The molecule has 0 spiro atoms. The first-order valence-electron chi connectivity index (χ1n) is 6.15. The van der Waals surface area contributed by atoms with Crippen molar-refractivity contribution in [2.45, 2.75) is 23.8 Å². The molecule has 1 saturated heterocycles. The van der Waals surface area contributed by atoms with Gasteiger partial charge in [-0.2, -0.15) is 4.31 Å². The quantitative estimate of drug-likeness (QED) is 0.792. The molecule has 19 heavy (non-hydrogen) atoms. The number of carbonyl (C=O) groups is 1. The molecule has 0 unspecified atom stereocenters. The minimum Gasteiger partial charge on any atom is -0.326 e. The number of fused-ring (bicyclic) bond motifs is 1. The van der Waals surface area contributed by atoms with Crippen LogP contribution in [0.2, 0.25) is 0 Å². The highest BCUT2D eigenvalue weighted by Crippen LogP contribution is 2.28. The highest BCUT2D eigenvalue weighted by Gasteiger charge is 2.31. The van der Waals surface area contributed by atoms with E-state index in [1.54, 1.807) is 12.1 Å². The second-order valence-electron chi connectivity index (χ2n) is 4.96. The molecule has 1 aromatic rings. The van der Waals surface area contributed by atoms with Crippen LogP contribution in [-0.4, -0.2) is 37.8 Å². The van der Waals surface area contributed by atoms with E-state index >= 15 is 0 Å². The first kappa shape index (κ1) is 12.6. The Kier molecular flexibility index (Phi) is 2.84. The molecule has 1 aromatic carbocycles. The first-order valence-corrected chi connectivity index (χ1v) is 7.59. The lowest BCUT2D eigenvalue weighted by Crippen LogP contribution is -2.32. The summed E-state index contributed by atoms with van der Waals surface area (Å²) in [5.41, 5.74) is 7.17. The summed E-state index contributed by atoms with van der Waals surface area (Å²) in [5.74, 6) is -0.104. The highest BCUT2D eigenvalue weighted by molar-refractivity contribution is 7.89. The second-order valence-corrected chi connectivity index (χ2v) is 6.89. The third kappa shape index (κ3) is 2.13. The Hall–Kier alpha value is -1.44. The maximum Gasteiger partial charge on any atom is 0.243 e. The molecule has 0 bridgehead atoms. The highest BCUT2D eigenvalue weighted by atomic mass is 32.2. The van der Waals surface area contributed by atoms with Crippen LogP contribution in [0, 0.1) is 0 Å². The normalized spacial score (nSPS) is 23.4. The number of nitrogens with zero attached hydrogens (tertiary/aromatic N) is 1. The Morgan fingerprint density at radius 1 is 1.37 bits per heavy atom. The van der Waals surface area contributed by atoms with Crippen molar-refractivity contribution in [2.75, 3.05) is 18.4 Å². The average Bonchev–Trinajstić information content (AvgIpc) is 2.93. The van der Waals surface area contributed by atoms with Gasteiger partial charge >= 0.3 is 0 Å². The Bertz CT molecular complexity index is 642. The van der Waals surface area contributed by atoms with E-state index in [-0.39, 0.29) is 23.3 Å². The molecule has 0 aliphatic carbocycles. The van der Waals surface area contributed by atoms with E-state index in [1.165, 1.54) is 10.4 Å². The number of amides is 1. The molecule has 1 amide bonds. The van der Waals surface area contributed by atoms with Gasteiger partial charge in [-0.05, 0) is 30.2 Å². The summed E-state index contributed by atoms with van der Waals surface area (Å²) in [7, 11) is -3.50. The minimum absolute atomic E-state index is 0.0903. The summed E-state index contributed by atoms with van der Waals surface area (Å²) in [4.78, 5) is 11.5. The van der Waals surface area contributed by atoms with Crippen molar-refractivity contribution in [3.8, 4) is 0 Å². The summed E-state index contributed by atoms with van der Waals surface area (Å²) in [6.07, 6.45) is 0.919. The van der Waals surface area contributed by atoms with Gasteiger partial charge in [-0.1, -0.05) is 0 Å². The predicted octanol–water partition coefficient (Wildman–Crippen LogP) is -0.0971. The molecule has 3 N–H and O–H groups in total. The van der Waals surface area contributed by atoms with Crippen LogP contribution in [0.4, 0.5) is 5.69 Å². The van der Waals surface area contributed by atoms with Gasteiger partial charge in [0.1, 0.15) is 0 Å². The van der Waals surface area contributed by atoms with Gasteiger partial charge < -0.3 is 11.1 Å².